The second kappa shape index (κ2) is 5.17. The van der Waals surface area contributed by atoms with Crippen molar-refractivity contribution in [3.63, 3.8) is 0 Å². The van der Waals surface area contributed by atoms with E-state index in [4.69, 9.17) is 34.8 Å². The first kappa shape index (κ1) is 13.2. The summed E-state index contributed by atoms with van der Waals surface area (Å²) in [5, 5.41) is 10.8. The number of thiophene rings is 1. The first-order valence-corrected chi connectivity index (χ1v) is 6.83. The molecule has 0 amide bonds. The third-order valence-electron chi connectivity index (χ3n) is 2.49. The van der Waals surface area contributed by atoms with Crippen molar-refractivity contribution >= 4 is 46.1 Å². The molecule has 0 radical (unpaired) electrons. The molecule has 1 unspecified atom stereocenters. The predicted octanol–water partition coefficient (Wildman–Crippen LogP) is 5.10. The minimum absolute atomic E-state index is 0.499. The van der Waals surface area contributed by atoms with Crippen LogP contribution in [0, 0.1) is 6.92 Å². The molecule has 1 atom stereocenters. The first-order chi connectivity index (χ1) is 7.99. The second-order valence-electron chi connectivity index (χ2n) is 3.69. The Morgan fingerprint density at radius 2 is 1.88 bits per heavy atom. The fourth-order valence-corrected chi connectivity index (χ4v) is 3.21. The Morgan fingerprint density at radius 1 is 1.18 bits per heavy atom. The van der Waals surface area contributed by atoms with E-state index in [0.717, 1.165) is 5.56 Å². The van der Waals surface area contributed by atoms with Gasteiger partial charge in [0.1, 0.15) is 10.4 Å². The average Bonchev–Trinajstić information content (AvgIpc) is 2.61. The molecule has 2 aromatic rings. The van der Waals surface area contributed by atoms with Crippen molar-refractivity contribution in [2.24, 2.45) is 0 Å². The van der Waals surface area contributed by atoms with Gasteiger partial charge in [0.15, 0.2) is 0 Å². The molecule has 0 saturated heterocycles. The van der Waals surface area contributed by atoms with Gasteiger partial charge in [-0.15, -0.1) is 11.3 Å². The van der Waals surface area contributed by atoms with Crippen LogP contribution in [0.15, 0.2) is 24.3 Å². The summed E-state index contributed by atoms with van der Waals surface area (Å²) < 4.78 is 1.06. The number of halogens is 3. The first-order valence-electron chi connectivity index (χ1n) is 4.88. The predicted molar refractivity (Wildman–Crippen MR) is 74.6 cm³/mol. The lowest BCUT2D eigenvalue weighted by Crippen LogP contribution is -1.98. The van der Waals surface area contributed by atoms with Crippen molar-refractivity contribution in [3.8, 4) is 0 Å². The van der Waals surface area contributed by atoms with Crippen LogP contribution in [0.2, 0.25) is 13.7 Å². The van der Waals surface area contributed by atoms with Crippen LogP contribution in [0.5, 0.6) is 0 Å². The van der Waals surface area contributed by atoms with Crippen LogP contribution < -0.4 is 0 Å². The number of rotatable bonds is 2. The number of aryl methyl sites for hydroxylation is 1. The molecule has 1 aromatic carbocycles. The van der Waals surface area contributed by atoms with Gasteiger partial charge < -0.3 is 5.11 Å². The van der Waals surface area contributed by atoms with Crippen LogP contribution in [-0.4, -0.2) is 5.11 Å². The van der Waals surface area contributed by atoms with Gasteiger partial charge >= 0.3 is 0 Å². The van der Waals surface area contributed by atoms with Crippen LogP contribution in [0.25, 0.3) is 0 Å². The fourth-order valence-electron chi connectivity index (χ4n) is 1.50. The maximum atomic E-state index is 10.2. The van der Waals surface area contributed by atoms with Crippen molar-refractivity contribution in [1.29, 1.82) is 0 Å². The SMILES string of the molecule is Cc1ccc(C(O)c2cc(Cl)sc2Cl)cc1Cl. The number of hydrogen-bond donors (Lipinski definition) is 1. The van der Waals surface area contributed by atoms with Gasteiger partial charge in [-0.25, -0.2) is 0 Å². The monoisotopic (exact) mass is 306 g/mol. The Bertz CT molecular complexity index is 551. The summed E-state index contributed by atoms with van der Waals surface area (Å²) in [6.07, 6.45) is -0.802. The molecule has 1 heterocycles. The van der Waals surface area contributed by atoms with E-state index in [-0.39, 0.29) is 0 Å². The Morgan fingerprint density at radius 3 is 2.41 bits per heavy atom. The molecule has 1 nitrogen and oxygen atoms in total. The molecule has 0 bridgehead atoms. The number of benzene rings is 1. The molecule has 0 saturated carbocycles. The fraction of sp³-hybridized carbons (Fsp3) is 0.167. The van der Waals surface area contributed by atoms with Crippen LogP contribution in [0.1, 0.15) is 22.8 Å². The Kier molecular flexibility index (Phi) is 4.01. The Balaban J connectivity index is 2.40. The Labute approximate surface area is 119 Å². The Hall–Kier alpha value is -0.250. The van der Waals surface area contributed by atoms with E-state index in [0.29, 0.717) is 24.8 Å². The van der Waals surface area contributed by atoms with E-state index >= 15 is 0 Å². The van der Waals surface area contributed by atoms with Crippen molar-refractivity contribution in [2.75, 3.05) is 0 Å². The van der Waals surface area contributed by atoms with Gasteiger partial charge in [-0.1, -0.05) is 46.9 Å². The zero-order chi connectivity index (χ0) is 12.6. The molecular formula is C12H9Cl3OS. The van der Waals surface area contributed by atoms with Crippen molar-refractivity contribution < 1.29 is 5.11 Å². The summed E-state index contributed by atoms with van der Waals surface area (Å²) in [6.45, 7) is 1.91. The zero-order valence-electron chi connectivity index (χ0n) is 8.88. The molecule has 0 spiro atoms. The molecule has 1 aromatic heterocycles. The van der Waals surface area contributed by atoms with Crippen LogP contribution in [-0.2, 0) is 0 Å². The van der Waals surface area contributed by atoms with E-state index in [9.17, 15) is 5.11 Å². The molecule has 0 aliphatic heterocycles. The molecule has 17 heavy (non-hydrogen) atoms. The third-order valence-corrected chi connectivity index (χ3v) is 4.41. The minimum Gasteiger partial charge on any atom is -0.384 e. The molecule has 0 aliphatic carbocycles. The van der Waals surface area contributed by atoms with Gasteiger partial charge in [0, 0.05) is 10.6 Å². The highest BCUT2D eigenvalue weighted by Crippen LogP contribution is 2.37. The highest BCUT2D eigenvalue weighted by atomic mass is 35.5. The second-order valence-corrected chi connectivity index (χ2v) is 6.38. The van der Waals surface area contributed by atoms with E-state index < -0.39 is 6.10 Å². The lowest BCUT2D eigenvalue weighted by atomic mass is 10.0. The van der Waals surface area contributed by atoms with E-state index in [1.54, 1.807) is 12.1 Å². The number of aliphatic hydroxyl groups is 1. The molecule has 0 aliphatic rings. The molecule has 2 rings (SSSR count). The number of hydrogen-bond acceptors (Lipinski definition) is 2. The molecule has 90 valence electrons. The van der Waals surface area contributed by atoms with Crippen LogP contribution in [0.3, 0.4) is 0 Å². The van der Waals surface area contributed by atoms with Crippen LogP contribution >= 0.6 is 46.1 Å². The van der Waals surface area contributed by atoms with E-state index in [1.165, 1.54) is 11.3 Å². The minimum atomic E-state index is -0.802. The third kappa shape index (κ3) is 2.78. The summed E-state index contributed by atoms with van der Waals surface area (Å²) in [5.41, 5.74) is 2.29. The van der Waals surface area contributed by atoms with Gasteiger partial charge in [-0.05, 0) is 30.2 Å². The maximum absolute atomic E-state index is 10.2. The van der Waals surface area contributed by atoms with Gasteiger partial charge in [-0.2, -0.15) is 0 Å². The largest absolute Gasteiger partial charge is 0.384 e. The lowest BCUT2D eigenvalue weighted by Gasteiger charge is -2.11. The molecular weight excluding hydrogens is 299 g/mol. The summed E-state index contributed by atoms with van der Waals surface area (Å²) in [6, 6.07) is 7.10. The maximum Gasteiger partial charge on any atom is 0.106 e. The molecule has 5 heteroatoms. The highest BCUT2D eigenvalue weighted by molar-refractivity contribution is 7.20. The van der Waals surface area contributed by atoms with Gasteiger partial charge in [0.25, 0.3) is 0 Å². The van der Waals surface area contributed by atoms with Crippen molar-refractivity contribution in [2.45, 2.75) is 13.0 Å². The van der Waals surface area contributed by atoms with Gasteiger partial charge in [0.2, 0.25) is 0 Å². The van der Waals surface area contributed by atoms with Crippen LogP contribution in [0.4, 0.5) is 0 Å². The normalized spacial score (nSPS) is 12.8. The lowest BCUT2D eigenvalue weighted by molar-refractivity contribution is 0.221. The smallest absolute Gasteiger partial charge is 0.106 e. The summed E-state index contributed by atoms with van der Waals surface area (Å²) in [4.78, 5) is 0. The van der Waals surface area contributed by atoms with Crippen molar-refractivity contribution in [3.05, 3.63) is 54.7 Å². The van der Waals surface area contributed by atoms with E-state index in [1.807, 2.05) is 19.1 Å². The molecule has 0 fully saturated rings. The standard InChI is InChI=1S/C12H9Cl3OS/c1-6-2-3-7(4-9(6)13)11(16)8-5-10(14)17-12(8)15/h2-5,11,16H,1H3. The summed E-state index contributed by atoms with van der Waals surface area (Å²) in [5.74, 6) is 0. The number of aliphatic hydroxyl groups excluding tert-OH is 1. The average molecular weight is 308 g/mol. The summed E-state index contributed by atoms with van der Waals surface area (Å²) in [7, 11) is 0. The molecule has 1 N–H and O–H groups in total. The van der Waals surface area contributed by atoms with E-state index in [2.05, 4.69) is 0 Å². The van der Waals surface area contributed by atoms with Gasteiger partial charge in [-0.3, -0.25) is 0 Å². The zero-order valence-corrected chi connectivity index (χ0v) is 12.0. The quantitative estimate of drug-likeness (QED) is 0.818. The topological polar surface area (TPSA) is 20.2 Å². The summed E-state index contributed by atoms with van der Waals surface area (Å²) >= 11 is 19.1. The highest BCUT2D eigenvalue weighted by Gasteiger charge is 2.17. The van der Waals surface area contributed by atoms with Crippen molar-refractivity contribution in [1.82, 2.24) is 0 Å². The van der Waals surface area contributed by atoms with Gasteiger partial charge in [0.05, 0.1) is 4.34 Å².